The molecule has 294 valence electrons. The maximum Gasteiger partial charge on any atom is 0.287 e. The van der Waals surface area contributed by atoms with E-state index >= 15 is 0 Å². The number of halogens is 1. The van der Waals surface area contributed by atoms with Crippen LogP contribution >= 0.6 is 0 Å². The molecule has 1 saturated heterocycles. The standard InChI is InChI=1S/C41H44FN5O8S/c1-24-14-17-34(54-24)36(49)43-31-13-7-5-3-4-6-10-25-22-41(25,39(51)46-56(52,53)40(2)18-19-40)45-35(48)33-21-27(23-47(33)38(31)50)55-37-30-12-9-8-11-28(30)29-16-15-26(42)20-32(29)44-37/h6,8-12,14-17,20,25,27,31,33H,3-5,7,13,18-19,21-23H2,1-2H3,(H,43,49)(H,45,48)(H,46,51)/b10-6-/t25-,27-,31+,33+,41-/m1/s1. The van der Waals surface area contributed by atoms with Crippen LogP contribution in [0.3, 0.4) is 0 Å². The summed E-state index contributed by atoms with van der Waals surface area (Å²) in [5, 5.41) is 7.86. The first-order valence-corrected chi connectivity index (χ1v) is 20.6. The number of benzene rings is 2. The van der Waals surface area contributed by atoms with Crippen molar-refractivity contribution in [3.05, 3.63) is 84.1 Å². The number of allylic oxidation sites excluding steroid dienone is 1. The van der Waals surface area contributed by atoms with E-state index < -0.39 is 73.9 Å². The minimum Gasteiger partial charge on any atom is -0.472 e. The molecule has 4 aliphatic rings. The van der Waals surface area contributed by atoms with Crippen LogP contribution in [0.1, 0.15) is 81.0 Å². The molecule has 13 nitrogen and oxygen atoms in total. The minimum absolute atomic E-state index is 0.0125. The molecule has 0 unspecified atom stereocenters. The van der Waals surface area contributed by atoms with Crippen molar-refractivity contribution in [1.82, 2.24) is 25.2 Å². The number of sulfonamides is 1. The molecule has 3 N–H and O–H groups in total. The Morgan fingerprint density at radius 1 is 1.04 bits per heavy atom. The molecule has 2 aromatic carbocycles. The number of aromatic nitrogens is 1. The molecule has 5 atom stereocenters. The Morgan fingerprint density at radius 2 is 1.82 bits per heavy atom. The SMILES string of the molecule is Cc1ccc(C(=O)N[C@H]2CCCCC/C=C\[C@@H]3C[C@@]3(C(=O)NS(=O)(=O)C3(C)CC3)NC(=O)[C@@H]3C[C@@H](Oc4nc5cc(F)ccc5c5ccccc45)CN3C2=O)o1. The van der Waals surface area contributed by atoms with Crippen molar-refractivity contribution in [3.63, 3.8) is 0 Å². The molecule has 0 radical (unpaired) electrons. The zero-order valence-electron chi connectivity index (χ0n) is 31.2. The Hall–Kier alpha value is -5.31. The van der Waals surface area contributed by atoms with Gasteiger partial charge in [0.1, 0.15) is 35.3 Å². The van der Waals surface area contributed by atoms with Crippen LogP contribution in [0.5, 0.6) is 5.88 Å². The topological polar surface area (TPSA) is 177 Å². The Balaban J connectivity index is 1.13. The van der Waals surface area contributed by atoms with Gasteiger partial charge < -0.3 is 24.7 Å². The third-order valence-electron chi connectivity index (χ3n) is 11.7. The number of pyridine rings is 1. The summed E-state index contributed by atoms with van der Waals surface area (Å²) in [6.07, 6.45) is 7.09. The van der Waals surface area contributed by atoms with Crippen LogP contribution in [0.15, 0.2) is 71.2 Å². The number of hydrogen-bond donors (Lipinski definition) is 3. The van der Waals surface area contributed by atoms with E-state index in [1.807, 2.05) is 36.4 Å². The fraction of sp³-hybridized carbons (Fsp3) is 0.439. The summed E-state index contributed by atoms with van der Waals surface area (Å²) in [5.74, 6) is -2.75. The highest BCUT2D eigenvalue weighted by molar-refractivity contribution is 7.91. The molecule has 2 saturated carbocycles. The van der Waals surface area contributed by atoms with Crippen LogP contribution in [0.25, 0.3) is 21.7 Å². The van der Waals surface area contributed by atoms with Crippen molar-refractivity contribution in [3.8, 4) is 5.88 Å². The number of nitrogens with one attached hydrogen (secondary N) is 3. The number of fused-ring (bicyclic) bond motifs is 5. The summed E-state index contributed by atoms with van der Waals surface area (Å²) in [7, 11) is -4.01. The zero-order chi connectivity index (χ0) is 39.4. The van der Waals surface area contributed by atoms with E-state index in [4.69, 9.17) is 9.15 Å². The van der Waals surface area contributed by atoms with Gasteiger partial charge in [-0.1, -0.05) is 43.2 Å². The van der Waals surface area contributed by atoms with Crippen molar-refractivity contribution in [2.45, 2.75) is 100 Å². The first-order valence-electron chi connectivity index (χ1n) is 19.1. The molecule has 56 heavy (non-hydrogen) atoms. The van der Waals surface area contributed by atoms with Gasteiger partial charge in [0.15, 0.2) is 5.76 Å². The minimum atomic E-state index is -4.01. The summed E-state index contributed by atoms with van der Waals surface area (Å²) in [6, 6.07) is 12.7. The predicted octanol–water partition coefficient (Wildman–Crippen LogP) is 4.97. The van der Waals surface area contributed by atoms with Gasteiger partial charge in [-0.2, -0.15) is 0 Å². The van der Waals surface area contributed by atoms with Gasteiger partial charge in [-0.15, -0.1) is 0 Å². The van der Waals surface area contributed by atoms with Gasteiger partial charge in [0, 0.05) is 29.2 Å². The van der Waals surface area contributed by atoms with E-state index in [-0.39, 0.29) is 31.0 Å². The number of carbonyl (C=O) groups is 4. The molecule has 2 aliphatic carbocycles. The molecule has 2 aromatic heterocycles. The average Bonchev–Trinajstić information content (AvgIpc) is 3.97. The van der Waals surface area contributed by atoms with Crippen molar-refractivity contribution in [2.24, 2.45) is 5.92 Å². The molecule has 0 spiro atoms. The molecule has 0 bridgehead atoms. The fourth-order valence-electron chi connectivity index (χ4n) is 7.88. The first kappa shape index (κ1) is 37.6. The maximum atomic E-state index is 14.6. The quantitative estimate of drug-likeness (QED) is 0.173. The summed E-state index contributed by atoms with van der Waals surface area (Å²) in [6.45, 7) is 3.21. The molecule has 15 heteroatoms. The summed E-state index contributed by atoms with van der Waals surface area (Å²) < 4.78 is 54.0. The fourth-order valence-corrected chi connectivity index (χ4v) is 9.19. The highest BCUT2D eigenvalue weighted by atomic mass is 32.2. The van der Waals surface area contributed by atoms with E-state index in [0.29, 0.717) is 48.8 Å². The molecule has 4 aromatic rings. The first-order chi connectivity index (χ1) is 26.8. The van der Waals surface area contributed by atoms with E-state index in [2.05, 4.69) is 20.3 Å². The van der Waals surface area contributed by atoms with Crippen LogP contribution < -0.4 is 20.1 Å². The van der Waals surface area contributed by atoms with Crippen molar-refractivity contribution < 1.29 is 41.1 Å². The van der Waals surface area contributed by atoms with Crippen molar-refractivity contribution in [1.29, 1.82) is 0 Å². The lowest BCUT2D eigenvalue weighted by molar-refractivity contribution is -0.141. The van der Waals surface area contributed by atoms with Crippen molar-refractivity contribution in [2.75, 3.05) is 6.54 Å². The second kappa shape index (κ2) is 14.3. The lowest BCUT2D eigenvalue weighted by Gasteiger charge is -2.30. The summed E-state index contributed by atoms with van der Waals surface area (Å²) in [5.41, 5.74) is -1.18. The highest BCUT2D eigenvalue weighted by Crippen LogP contribution is 2.47. The zero-order valence-corrected chi connectivity index (χ0v) is 32.0. The van der Waals surface area contributed by atoms with Gasteiger partial charge >= 0.3 is 0 Å². The van der Waals surface area contributed by atoms with Crippen molar-refractivity contribution >= 4 is 55.3 Å². The second-order valence-corrected chi connectivity index (χ2v) is 18.0. The lowest BCUT2D eigenvalue weighted by atomic mass is 10.0. The molecule has 4 heterocycles. The Morgan fingerprint density at radius 3 is 2.57 bits per heavy atom. The molecular weight excluding hydrogens is 742 g/mol. The number of rotatable bonds is 7. The van der Waals surface area contributed by atoms with Gasteiger partial charge in [-0.05, 0) is 88.1 Å². The number of nitrogens with zero attached hydrogens (tertiary/aromatic N) is 2. The number of carbonyl (C=O) groups excluding carboxylic acids is 4. The largest absolute Gasteiger partial charge is 0.472 e. The Bertz CT molecular complexity index is 2390. The third-order valence-corrected chi connectivity index (χ3v) is 13.8. The van der Waals surface area contributed by atoms with Gasteiger partial charge in [0.05, 0.1) is 16.8 Å². The van der Waals surface area contributed by atoms with Crippen LogP contribution in [-0.4, -0.2) is 76.9 Å². The highest BCUT2D eigenvalue weighted by Gasteiger charge is 2.63. The van der Waals surface area contributed by atoms with Gasteiger partial charge in [-0.25, -0.2) is 17.8 Å². The van der Waals surface area contributed by atoms with E-state index in [0.717, 1.165) is 23.6 Å². The monoisotopic (exact) mass is 785 g/mol. The van der Waals surface area contributed by atoms with Crippen LogP contribution in [0.2, 0.25) is 0 Å². The molecular formula is C41H44FN5O8S. The van der Waals surface area contributed by atoms with Crippen LogP contribution in [-0.2, 0) is 24.4 Å². The second-order valence-electron chi connectivity index (χ2n) is 15.8. The normalized spacial score (nSPS) is 26.9. The van der Waals surface area contributed by atoms with Gasteiger partial charge in [0.25, 0.3) is 11.8 Å². The smallest absolute Gasteiger partial charge is 0.287 e. The van der Waals surface area contributed by atoms with Crippen LogP contribution in [0, 0.1) is 18.7 Å². The summed E-state index contributed by atoms with van der Waals surface area (Å²) in [4.78, 5) is 62.4. The molecule has 8 rings (SSSR count). The van der Waals surface area contributed by atoms with Crippen LogP contribution in [0.4, 0.5) is 4.39 Å². The van der Waals surface area contributed by atoms with E-state index in [9.17, 15) is 32.0 Å². The molecule has 3 fully saturated rings. The number of furan rings is 1. The van der Waals surface area contributed by atoms with E-state index in [1.165, 1.54) is 23.1 Å². The predicted molar refractivity (Wildman–Crippen MR) is 204 cm³/mol. The summed E-state index contributed by atoms with van der Waals surface area (Å²) >= 11 is 0. The number of ether oxygens (including phenoxy) is 1. The third kappa shape index (κ3) is 7.12. The maximum absolute atomic E-state index is 14.6. The molecule has 2 aliphatic heterocycles. The lowest BCUT2D eigenvalue weighted by Crippen LogP contribution is -2.58. The van der Waals surface area contributed by atoms with Gasteiger partial charge in [-0.3, -0.25) is 23.9 Å². The number of hydrogen-bond acceptors (Lipinski definition) is 9. The Kier molecular flexibility index (Phi) is 9.62. The average molecular weight is 786 g/mol. The molecule has 4 amide bonds. The number of aryl methyl sites for hydroxylation is 1. The number of amides is 4. The van der Waals surface area contributed by atoms with Gasteiger partial charge in [0.2, 0.25) is 27.7 Å². The Labute approximate surface area is 323 Å². The van der Waals surface area contributed by atoms with E-state index in [1.54, 1.807) is 26.0 Å².